The van der Waals surface area contributed by atoms with E-state index < -0.39 is 17.7 Å². The van der Waals surface area contributed by atoms with Gasteiger partial charge in [-0.15, -0.1) is 0 Å². The number of benzene rings is 1. The highest BCUT2D eigenvalue weighted by Gasteiger charge is 2.16. The highest BCUT2D eigenvalue weighted by molar-refractivity contribution is 5.90. The lowest BCUT2D eigenvalue weighted by Crippen LogP contribution is -2.39. The number of hydrogen-bond acceptors (Lipinski definition) is 6. The number of hydrogen-bond donors (Lipinski definition) is 3. The van der Waals surface area contributed by atoms with Crippen molar-refractivity contribution in [2.24, 2.45) is 0 Å². The SMILES string of the molecule is COc1cc(NC(=O)NCCNC(=O)OC(C)(C)C)cc(OC)c1OC. The second-order valence-corrected chi connectivity index (χ2v) is 6.22. The van der Waals surface area contributed by atoms with E-state index in [4.69, 9.17) is 18.9 Å². The van der Waals surface area contributed by atoms with Crippen LogP contribution in [0.5, 0.6) is 17.2 Å². The number of ether oxygens (including phenoxy) is 4. The summed E-state index contributed by atoms with van der Waals surface area (Å²) in [6, 6.07) is 2.78. The molecular formula is C17H27N3O6. The van der Waals surface area contributed by atoms with Crippen LogP contribution >= 0.6 is 0 Å². The van der Waals surface area contributed by atoms with E-state index in [1.54, 1.807) is 32.9 Å². The first-order valence-corrected chi connectivity index (χ1v) is 8.02. The number of rotatable bonds is 7. The number of alkyl carbamates (subject to hydrolysis) is 1. The van der Waals surface area contributed by atoms with Gasteiger partial charge in [0.15, 0.2) is 11.5 Å². The fourth-order valence-electron chi connectivity index (χ4n) is 1.98. The standard InChI is InChI=1S/C17H27N3O6/c1-17(2,3)26-16(22)19-8-7-18-15(21)20-11-9-12(23-4)14(25-6)13(10-11)24-5/h9-10H,7-8H2,1-6H3,(H,19,22)(H2,18,20,21). The predicted octanol–water partition coefficient (Wildman–Crippen LogP) is 2.36. The van der Waals surface area contributed by atoms with E-state index in [0.29, 0.717) is 22.9 Å². The molecule has 9 heteroatoms. The van der Waals surface area contributed by atoms with Crippen LogP contribution in [-0.4, -0.2) is 52.1 Å². The molecule has 0 bridgehead atoms. The normalized spacial score (nSPS) is 10.5. The molecule has 3 amide bonds. The van der Waals surface area contributed by atoms with Crippen LogP contribution in [0, 0.1) is 0 Å². The predicted molar refractivity (Wildman–Crippen MR) is 97.4 cm³/mol. The summed E-state index contributed by atoms with van der Waals surface area (Å²) in [6.07, 6.45) is -0.538. The molecule has 0 atom stereocenters. The van der Waals surface area contributed by atoms with E-state index in [-0.39, 0.29) is 13.1 Å². The summed E-state index contributed by atoms with van der Waals surface area (Å²) in [5, 5.41) is 7.83. The van der Waals surface area contributed by atoms with E-state index in [1.165, 1.54) is 21.3 Å². The Kier molecular flexibility index (Phi) is 7.82. The first-order valence-electron chi connectivity index (χ1n) is 8.02. The largest absolute Gasteiger partial charge is 0.493 e. The lowest BCUT2D eigenvalue weighted by atomic mass is 10.2. The van der Waals surface area contributed by atoms with E-state index in [9.17, 15) is 9.59 Å². The minimum absolute atomic E-state index is 0.232. The van der Waals surface area contributed by atoms with Crippen LogP contribution in [0.3, 0.4) is 0 Å². The van der Waals surface area contributed by atoms with Gasteiger partial charge in [0.1, 0.15) is 5.60 Å². The molecule has 1 aromatic carbocycles. The smallest absolute Gasteiger partial charge is 0.407 e. The van der Waals surface area contributed by atoms with E-state index in [2.05, 4.69) is 16.0 Å². The maximum absolute atomic E-state index is 12.0. The van der Waals surface area contributed by atoms with Gasteiger partial charge in [-0.2, -0.15) is 0 Å². The number of anilines is 1. The Hall–Kier alpha value is -2.84. The van der Waals surface area contributed by atoms with Crippen LogP contribution in [0.2, 0.25) is 0 Å². The average molecular weight is 369 g/mol. The molecule has 9 nitrogen and oxygen atoms in total. The fourth-order valence-corrected chi connectivity index (χ4v) is 1.98. The molecule has 0 heterocycles. The van der Waals surface area contributed by atoms with Crippen LogP contribution in [0.1, 0.15) is 20.8 Å². The van der Waals surface area contributed by atoms with Gasteiger partial charge >= 0.3 is 12.1 Å². The molecule has 0 saturated heterocycles. The quantitative estimate of drug-likeness (QED) is 0.637. The Labute approximate surface area is 153 Å². The number of methoxy groups -OCH3 is 3. The molecule has 0 aliphatic carbocycles. The zero-order chi connectivity index (χ0) is 19.7. The van der Waals surface area contributed by atoms with Crippen molar-refractivity contribution in [1.29, 1.82) is 0 Å². The van der Waals surface area contributed by atoms with Crippen molar-refractivity contribution in [2.45, 2.75) is 26.4 Å². The minimum Gasteiger partial charge on any atom is -0.493 e. The third-order valence-corrected chi connectivity index (χ3v) is 3.00. The Morgan fingerprint density at radius 1 is 0.923 bits per heavy atom. The molecule has 0 saturated carbocycles. The summed E-state index contributed by atoms with van der Waals surface area (Å²) in [7, 11) is 4.48. The second-order valence-electron chi connectivity index (χ2n) is 6.22. The summed E-state index contributed by atoms with van der Waals surface area (Å²) in [5.74, 6) is 1.28. The Bertz CT molecular complexity index is 602. The van der Waals surface area contributed by atoms with Gasteiger partial charge in [0, 0.05) is 25.2 Å². The molecule has 146 valence electrons. The topological polar surface area (TPSA) is 107 Å². The second kappa shape index (κ2) is 9.59. The van der Waals surface area contributed by atoms with Crippen molar-refractivity contribution in [3.05, 3.63) is 12.1 Å². The van der Waals surface area contributed by atoms with Crippen LogP contribution < -0.4 is 30.2 Å². The molecule has 1 aromatic rings. The molecular weight excluding hydrogens is 342 g/mol. The molecule has 0 radical (unpaired) electrons. The zero-order valence-electron chi connectivity index (χ0n) is 16.0. The van der Waals surface area contributed by atoms with Crippen molar-refractivity contribution in [2.75, 3.05) is 39.7 Å². The van der Waals surface area contributed by atoms with E-state index >= 15 is 0 Å². The molecule has 1 rings (SSSR count). The molecule has 0 fully saturated rings. The number of carbonyl (C=O) groups is 2. The highest BCUT2D eigenvalue weighted by atomic mass is 16.6. The lowest BCUT2D eigenvalue weighted by Gasteiger charge is -2.19. The molecule has 0 aliphatic heterocycles. The third-order valence-electron chi connectivity index (χ3n) is 3.00. The van der Waals surface area contributed by atoms with Crippen LogP contribution in [-0.2, 0) is 4.74 Å². The van der Waals surface area contributed by atoms with E-state index in [1.807, 2.05) is 0 Å². The summed E-state index contributed by atoms with van der Waals surface area (Å²) >= 11 is 0. The van der Waals surface area contributed by atoms with Gasteiger partial charge in [-0.3, -0.25) is 0 Å². The monoisotopic (exact) mass is 369 g/mol. The third kappa shape index (κ3) is 6.96. The van der Waals surface area contributed by atoms with Gasteiger partial charge in [-0.1, -0.05) is 0 Å². The lowest BCUT2D eigenvalue weighted by molar-refractivity contribution is 0.0528. The van der Waals surface area contributed by atoms with Crippen molar-refractivity contribution in [3.63, 3.8) is 0 Å². The molecule has 3 N–H and O–H groups in total. The fraction of sp³-hybridized carbons (Fsp3) is 0.529. The molecule has 26 heavy (non-hydrogen) atoms. The van der Waals surface area contributed by atoms with Crippen molar-refractivity contribution in [3.8, 4) is 17.2 Å². The Balaban J connectivity index is 2.52. The van der Waals surface area contributed by atoms with Crippen molar-refractivity contribution in [1.82, 2.24) is 10.6 Å². The minimum atomic E-state index is -0.568. The summed E-state index contributed by atoms with van der Waals surface area (Å²) < 4.78 is 20.8. The zero-order valence-corrected chi connectivity index (χ0v) is 16.0. The number of carbonyl (C=O) groups excluding carboxylic acids is 2. The molecule has 0 spiro atoms. The number of amides is 3. The summed E-state index contributed by atoms with van der Waals surface area (Å²) in [5.41, 5.74) is -0.0986. The maximum Gasteiger partial charge on any atom is 0.407 e. The first kappa shape index (κ1) is 21.2. The summed E-state index contributed by atoms with van der Waals surface area (Å²) in [6.45, 7) is 5.79. The van der Waals surface area contributed by atoms with Crippen LogP contribution in [0.15, 0.2) is 12.1 Å². The van der Waals surface area contributed by atoms with E-state index in [0.717, 1.165) is 0 Å². The van der Waals surface area contributed by atoms with Gasteiger partial charge in [-0.25, -0.2) is 9.59 Å². The van der Waals surface area contributed by atoms with Crippen molar-refractivity contribution >= 4 is 17.8 Å². The van der Waals surface area contributed by atoms with Gasteiger partial charge in [0.05, 0.1) is 27.0 Å². The summed E-state index contributed by atoms with van der Waals surface area (Å²) in [4.78, 5) is 23.5. The highest BCUT2D eigenvalue weighted by Crippen LogP contribution is 2.39. The first-order chi connectivity index (χ1) is 12.2. The van der Waals surface area contributed by atoms with Gasteiger partial charge in [0.25, 0.3) is 0 Å². The Morgan fingerprint density at radius 3 is 1.92 bits per heavy atom. The average Bonchev–Trinajstić information content (AvgIpc) is 2.56. The number of urea groups is 1. The van der Waals surface area contributed by atoms with Gasteiger partial charge < -0.3 is 34.9 Å². The van der Waals surface area contributed by atoms with Crippen molar-refractivity contribution < 1.29 is 28.5 Å². The molecule has 0 aliphatic rings. The van der Waals surface area contributed by atoms with Crippen LogP contribution in [0.25, 0.3) is 0 Å². The number of nitrogens with one attached hydrogen (secondary N) is 3. The van der Waals surface area contributed by atoms with Gasteiger partial charge in [0.2, 0.25) is 5.75 Å². The molecule has 0 aromatic heterocycles. The van der Waals surface area contributed by atoms with Gasteiger partial charge in [-0.05, 0) is 20.8 Å². The maximum atomic E-state index is 12.0. The molecule has 0 unspecified atom stereocenters. The van der Waals surface area contributed by atoms with Crippen LogP contribution in [0.4, 0.5) is 15.3 Å². The Morgan fingerprint density at radius 2 is 1.46 bits per heavy atom.